The van der Waals surface area contributed by atoms with Crippen LogP contribution >= 0.6 is 11.6 Å². The Morgan fingerprint density at radius 3 is 2.60 bits per heavy atom. The summed E-state index contributed by atoms with van der Waals surface area (Å²) in [7, 11) is 0. The maximum Gasteiger partial charge on any atom is 0.417 e. The summed E-state index contributed by atoms with van der Waals surface area (Å²) in [6, 6.07) is 7.74. The zero-order valence-electron chi connectivity index (χ0n) is 18.4. The van der Waals surface area contributed by atoms with Crippen molar-refractivity contribution in [1.29, 1.82) is 0 Å². The van der Waals surface area contributed by atoms with Gasteiger partial charge in [-0.15, -0.1) is 0 Å². The van der Waals surface area contributed by atoms with Crippen LogP contribution < -0.4 is 16.4 Å². The molecule has 0 spiro atoms. The van der Waals surface area contributed by atoms with Gasteiger partial charge >= 0.3 is 6.18 Å². The lowest BCUT2D eigenvalue weighted by molar-refractivity contribution is -0.137. The third-order valence-corrected chi connectivity index (χ3v) is 6.06. The Labute approximate surface area is 204 Å². The molecule has 2 aromatic carbocycles. The molecule has 0 fully saturated rings. The van der Waals surface area contributed by atoms with Crippen LogP contribution in [0.5, 0.6) is 0 Å². The SMILES string of the molecule is Cc1ccc(C(=O)Nc2ccc(Cl)c(C(F)(F)F)c2)cc1NC(=O)C1C=CC=C2C(N)=NC=CC21. The van der Waals surface area contributed by atoms with E-state index < -0.39 is 28.6 Å². The Balaban J connectivity index is 1.52. The quantitative estimate of drug-likeness (QED) is 0.519. The van der Waals surface area contributed by atoms with Gasteiger partial charge in [0, 0.05) is 34.6 Å². The number of amides is 2. The normalized spacial score (nSPS) is 18.9. The van der Waals surface area contributed by atoms with Gasteiger partial charge in [-0.25, -0.2) is 4.99 Å². The molecule has 4 N–H and O–H groups in total. The van der Waals surface area contributed by atoms with E-state index in [0.717, 1.165) is 17.7 Å². The highest BCUT2D eigenvalue weighted by Crippen LogP contribution is 2.36. The van der Waals surface area contributed by atoms with Gasteiger partial charge in [-0.3, -0.25) is 9.59 Å². The van der Waals surface area contributed by atoms with Crippen LogP contribution in [0.25, 0.3) is 0 Å². The van der Waals surface area contributed by atoms with Crippen molar-refractivity contribution in [3.8, 4) is 0 Å². The molecule has 1 heterocycles. The van der Waals surface area contributed by atoms with E-state index in [1.165, 1.54) is 18.2 Å². The Kier molecular flexibility index (Phi) is 6.53. The average molecular weight is 501 g/mol. The highest BCUT2D eigenvalue weighted by Gasteiger charge is 2.34. The van der Waals surface area contributed by atoms with E-state index >= 15 is 0 Å². The fourth-order valence-corrected chi connectivity index (χ4v) is 4.09. The molecular formula is C25H20ClF3N4O2. The fourth-order valence-electron chi connectivity index (χ4n) is 3.86. The monoisotopic (exact) mass is 500 g/mol. The number of carbonyl (C=O) groups excluding carboxylic acids is 2. The molecule has 180 valence electrons. The molecule has 1 aliphatic carbocycles. The minimum absolute atomic E-state index is 0.0621. The van der Waals surface area contributed by atoms with Gasteiger partial charge in [-0.1, -0.05) is 42.0 Å². The zero-order chi connectivity index (χ0) is 25.3. The first-order chi connectivity index (χ1) is 16.5. The smallest absolute Gasteiger partial charge is 0.383 e. The van der Waals surface area contributed by atoms with Crippen molar-refractivity contribution in [3.63, 3.8) is 0 Å². The van der Waals surface area contributed by atoms with Gasteiger partial charge in [0.15, 0.2) is 0 Å². The van der Waals surface area contributed by atoms with Crippen molar-refractivity contribution >= 4 is 40.6 Å². The van der Waals surface area contributed by atoms with Crippen molar-refractivity contribution in [1.82, 2.24) is 0 Å². The number of anilines is 2. The van der Waals surface area contributed by atoms with Crippen LogP contribution in [0.2, 0.25) is 5.02 Å². The average Bonchev–Trinajstić information content (AvgIpc) is 2.81. The van der Waals surface area contributed by atoms with Crippen molar-refractivity contribution in [2.24, 2.45) is 22.6 Å². The second-order valence-electron chi connectivity index (χ2n) is 8.08. The van der Waals surface area contributed by atoms with Crippen LogP contribution in [0.15, 0.2) is 77.5 Å². The summed E-state index contributed by atoms with van der Waals surface area (Å²) in [5.74, 6) is -1.39. The molecule has 1 aliphatic heterocycles. The third kappa shape index (κ3) is 5.14. The number of amidine groups is 1. The number of benzene rings is 2. The van der Waals surface area contributed by atoms with Gasteiger partial charge in [0.1, 0.15) is 5.84 Å². The van der Waals surface area contributed by atoms with Crippen molar-refractivity contribution in [3.05, 3.63) is 94.2 Å². The van der Waals surface area contributed by atoms with Gasteiger partial charge in [0.2, 0.25) is 5.91 Å². The summed E-state index contributed by atoms with van der Waals surface area (Å²) in [6.07, 6.45) is 4.02. The summed E-state index contributed by atoms with van der Waals surface area (Å²) in [5.41, 5.74) is 6.84. The van der Waals surface area contributed by atoms with Gasteiger partial charge in [0.05, 0.1) is 16.5 Å². The van der Waals surface area contributed by atoms with Crippen LogP contribution in [0.4, 0.5) is 24.5 Å². The van der Waals surface area contributed by atoms with E-state index in [1.807, 2.05) is 6.08 Å². The molecule has 2 aliphatic rings. The highest BCUT2D eigenvalue weighted by atomic mass is 35.5. The molecule has 10 heteroatoms. The number of fused-ring (bicyclic) bond motifs is 1. The topological polar surface area (TPSA) is 96.6 Å². The number of nitrogens with one attached hydrogen (secondary N) is 2. The predicted octanol–water partition coefficient (Wildman–Crippen LogP) is 5.47. The van der Waals surface area contributed by atoms with Crippen LogP contribution in [-0.4, -0.2) is 17.6 Å². The van der Waals surface area contributed by atoms with Crippen LogP contribution in [0.3, 0.4) is 0 Å². The largest absolute Gasteiger partial charge is 0.417 e. The van der Waals surface area contributed by atoms with E-state index in [-0.39, 0.29) is 23.1 Å². The molecule has 0 bridgehead atoms. The molecule has 0 aromatic heterocycles. The summed E-state index contributed by atoms with van der Waals surface area (Å²) in [4.78, 5) is 29.9. The van der Waals surface area contributed by atoms with E-state index in [9.17, 15) is 22.8 Å². The first-order valence-electron chi connectivity index (χ1n) is 10.5. The van der Waals surface area contributed by atoms with E-state index in [1.54, 1.807) is 37.4 Å². The number of alkyl halides is 3. The van der Waals surface area contributed by atoms with E-state index in [0.29, 0.717) is 17.1 Å². The molecule has 2 aromatic rings. The van der Waals surface area contributed by atoms with Crippen molar-refractivity contribution in [2.45, 2.75) is 13.1 Å². The van der Waals surface area contributed by atoms with Gasteiger partial charge in [-0.2, -0.15) is 13.2 Å². The molecular weight excluding hydrogens is 481 g/mol. The molecule has 0 radical (unpaired) electrons. The number of nitrogens with two attached hydrogens (primary N) is 1. The van der Waals surface area contributed by atoms with Gasteiger partial charge < -0.3 is 16.4 Å². The molecule has 2 amide bonds. The van der Waals surface area contributed by atoms with E-state index in [2.05, 4.69) is 15.6 Å². The number of halogens is 4. The summed E-state index contributed by atoms with van der Waals surface area (Å²) in [5, 5.41) is 4.82. The number of aryl methyl sites for hydroxylation is 1. The number of hydrogen-bond acceptors (Lipinski definition) is 4. The first kappa shape index (κ1) is 24.3. The van der Waals surface area contributed by atoms with Gasteiger partial charge in [-0.05, 0) is 42.8 Å². The molecule has 6 nitrogen and oxygen atoms in total. The molecule has 0 saturated carbocycles. The summed E-state index contributed by atoms with van der Waals surface area (Å²) < 4.78 is 39.4. The Hall–Kier alpha value is -3.85. The standard InChI is InChI=1S/C25H20ClF3N4O2/c1-13-5-6-14(23(34)32-15-7-8-20(26)19(12-15)25(27,28)29)11-21(13)33-24(35)18-4-2-3-17-16(18)9-10-31-22(17)30/h2-12,16,18H,1H3,(H2,30,31)(H,32,34)(H,33,35). The Bertz CT molecular complexity index is 1330. The minimum Gasteiger partial charge on any atom is -0.383 e. The molecule has 4 rings (SSSR count). The number of allylic oxidation sites excluding steroid dienone is 3. The third-order valence-electron chi connectivity index (χ3n) is 5.73. The second-order valence-corrected chi connectivity index (χ2v) is 8.49. The summed E-state index contributed by atoms with van der Waals surface area (Å²) in [6.45, 7) is 1.76. The maximum absolute atomic E-state index is 13.1. The number of carbonyl (C=O) groups is 2. The van der Waals surface area contributed by atoms with Crippen molar-refractivity contribution < 1.29 is 22.8 Å². The lowest BCUT2D eigenvalue weighted by Crippen LogP contribution is -2.34. The second kappa shape index (κ2) is 9.42. The lowest BCUT2D eigenvalue weighted by Gasteiger charge is -2.28. The zero-order valence-corrected chi connectivity index (χ0v) is 19.1. The van der Waals surface area contributed by atoms with Gasteiger partial charge in [0.25, 0.3) is 5.91 Å². The molecule has 2 atom stereocenters. The molecule has 35 heavy (non-hydrogen) atoms. The van der Waals surface area contributed by atoms with Crippen LogP contribution in [-0.2, 0) is 11.0 Å². The highest BCUT2D eigenvalue weighted by molar-refractivity contribution is 6.31. The minimum atomic E-state index is -4.66. The van der Waals surface area contributed by atoms with Crippen LogP contribution in [0.1, 0.15) is 21.5 Å². The lowest BCUT2D eigenvalue weighted by atomic mass is 9.80. The summed E-state index contributed by atoms with van der Waals surface area (Å²) >= 11 is 5.64. The Morgan fingerprint density at radius 2 is 1.86 bits per heavy atom. The number of hydrogen-bond donors (Lipinski definition) is 3. The first-order valence-corrected chi connectivity index (χ1v) is 10.9. The number of aliphatic imine (C=N–C) groups is 1. The number of rotatable bonds is 4. The molecule has 2 unspecified atom stereocenters. The Morgan fingerprint density at radius 1 is 1.09 bits per heavy atom. The van der Waals surface area contributed by atoms with Crippen molar-refractivity contribution in [2.75, 3.05) is 10.6 Å². The fraction of sp³-hybridized carbons (Fsp3) is 0.160. The molecule has 0 saturated heterocycles. The van der Waals surface area contributed by atoms with E-state index in [4.69, 9.17) is 17.3 Å². The predicted molar refractivity (Wildman–Crippen MR) is 129 cm³/mol. The van der Waals surface area contributed by atoms with Crippen LogP contribution in [0, 0.1) is 18.8 Å². The number of nitrogens with zero attached hydrogens (tertiary/aromatic N) is 1. The maximum atomic E-state index is 13.1.